The predicted octanol–water partition coefficient (Wildman–Crippen LogP) is 2.69. The van der Waals surface area contributed by atoms with E-state index in [0.29, 0.717) is 0 Å². The summed E-state index contributed by atoms with van der Waals surface area (Å²) in [5.74, 6) is 0. The summed E-state index contributed by atoms with van der Waals surface area (Å²) in [6.07, 6.45) is 5.48. The molecule has 0 saturated carbocycles. The van der Waals surface area contributed by atoms with Crippen LogP contribution < -0.4 is 0 Å². The van der Waals surface area contributed by atoms with Crippen molar-refractivity contribution in [2.45, 2.75) is 10.2 Å². The predicted molar refractivity (Wildman–Crippen MR) is 77.8 cm³/mol. The maximum absolute atomic E-state index is 4.46. The van der Waals surface area contributed by atoms with Crippen LogP contribution in [-0.4, -0.2) is 29.2 Å². The van der Waals surface area contributed by atoms with Crippen LogP contribution >= 0.6 is 27.7 Å². The number of fused-ring (bicyclic) bond motifs is 2. The number of nitrogens with zero attached hydrogens (tertiary/aromatic N) is 6. The van der Waals surface area contributed by atoms with Gasteiger partial charge in [-0.1, -0.05) is 0 Å². The van der Waals surface area contributed by atoms with Crippen molar-refractivity contribution >= 4 is 39.0 Å². The fraction of sp³-hybridized carbons (Fsp3) is 0. The minimum atomic E-state index is 0.772. The normalized spacial score (nSPS) is 11.4. The molecular weight excluding hydrogens is 340 g/mol. The summed E-state index contributed by atoms with van der Waals surface area (Å²) in [6.45, 7) is 0. The van der Waals surface area contributed by atoms with E-state index in [1.807, 2.05) is 41.1 Å². The van der Waals surface area contributed by atoms with E-state index in [4.69, 9.17) is 0 Å². The highest BCUT2D eigenvalue weighted by Gasteiger charge is 2.09. The maximum Gasteiger partial charge on any atom is 0.202 e. The van der Waals surface area contributed by atoms with Gasteiger partial charge in [-0.25, -0.2) is 9.50 Å². The fourth-order valence-electron chi connectivity index (χ4n) is 1.86. The molecule has 8 heteroatoms. The molecule has 4 rings (SSSR count). The van der Waals surface area contributed by atoms with Crippen LogP contribution in [0.15, 0.2) is 57.5 Å². The highest BCUT2D eigenvalue weighted by molar-refractivity contribution is 9.10. The summed E-state index contributed by atoms with van der Waals surface area (Å²) in [5, 5.41) is 14.4. The molecule has 0 N–H and O–H groups in total. The first-order valence-electron chi connectivity index (χ1n) is 5.78. The summed E-state index contributed by atoms with van der Waals surface area (Å²) in [6, 6.07) is 7.70. The van der Waals surface area contributed by atoms with Gasteiger partial charge < -0.3 is 0 Å². The number of pyridine rings is 1. The van der Waals surface area contributed by atoms with E-state index in [1.54, 1.807) is 10.7 Å². The largest absolute Gasteiger partial charge is 0.276 e. The van der Waals surface area contributed by atoms with Crippen LogP contribution in [0.1, 0.15) is 0 Å². The Kier molecular flexibility index (Phi) is 2.71. The lowest BCUT2D eigenvalue weighted by Gasteiger charge is -2.00. The molecule has 98 valence electrons. The summed E-state index contributed by atoms with van der Waals surface area (Å²) in [4.78, 5) is 4.17. The Labute approximate surface area is 126 Å². The van der Waals surface area contributed by atoms with Crippen molar-refractivity contribution in [1.82, 2.24) is 29.2 Å². The number of rotatable bonds is 2. The van der Waals surface area contributed by atoms with E-state index in [1.165, 1.54) is 11.8 Å². The van der Waals surface area contributed by atoms with Crippen molar-refractivity contribution in [3.8, 4) is 0 Å². The first-order valence-corrected chi connectivity index (χ1v) is 7.39. The van der Waals surface area contributed by atoms with Crippen LogP contribution in [-0.2, 0) is 0 Å². The van der Waals surface area contributed by atoms with E-state index in [2.05, 4.69) is 36.2 Å². The average Bonchev–Trinajstić information content (AvgIpc) is 3.05. The second-order valence-corrected chi connectivity index (χ2v) is 5.96. The van der Waals surface area contributed by atoms with E-state index in [0.717, 1.165) is 25.9 Å². The molecule has 0 radical (unpaired) electrons. The summed E-state index contributed by atoms with van der Waals surface area (Å²) in [5.41, 5.74) is 1.63. The Balaban J connectivity index is 1.77. The van der Waals surface area contributed by atoms with Crippen molar-refractivity contribution < 1.29 is 0 Å². The van der Waals surface area contributed by atoms with Gasteiger partial charge >= 0.3 is 0 Å². The molecule has 6 nitrogen and oxygen atoms in total. The number of imidazole rings is 1. The van der Waals surface area contributed by atoms with Gasteiger partial charge in [0, 0.05) is 23.1 Å². The lowest BCUT2D eigenvalue weighted by Crippen LogP contribution is -1.93. The zero-order chi connectivity index (χ0) is 13.5. The molecule has 0 spiro atoms. The van der Waals surface area contributed by atoms with Gasteiger partial charge in [-0.05, 0) is 52.0 Å². The van der Waals surface area contributed by atoms with Crippen LogP contribution in [0, 0.1) is 0 Å². The second kappa shape index (κ2) is 4.57. The molecule has 0 unspecified atom stereocenters. The van der Waals surface area contributed by atoms with Gasteiger partial charge in [-0.15, -0.1) is 10.2 Å². The quantitative estimate of drug-likeness (QED) is 0.558. The third-order valence-electron chi connectivity index (χ3n) is 2.76. The summed E-state index contributed by atoms with van der Waals surface area (Å²) >= 11 is 4.91. The third-order valence-corrected chi connectivity index (χ3v) is 4.12. The molecule has 0 aliphatic rings. The lowest BCUT2D eigenvalue weighted by molar-refractivity contribution is 0.849. The zero-order valence-electron chi connectivity index (χ0n) is 10.0. The number of hydrogen-bond donors (Lipinski definition) is 0. The first kappa shape index (κ1) is 11.9. The highest BCUT2D eigenvalue weighted by atomic mass is 79.9. The standard InChI is InChI=1S/C12H7BrN6S/c13-8-1-2-10-15-16-12(18(10)7-8)20-11-4-3-9-14-5-6-19(9)17-11/h1-7H. The first-order chi connectivity index (χ1) is 9.79. The van der Waals surface area contributed by atoms with Crippen LogP contribution in [0.2, 0.25) is 0 Å². The van der Waals surface area contributed by atoms with E-state index >= 15 is 0 Å². The Hall–Kier alpha value is -1.93. The lowest BCUT2D eigenvalue weighted by atomic mass is 10.5. The Morgan fingerprint density at radius 2 is 1.95 bits per heavy atom. The SMILES string of the molecule is Brc1ccc2nnc(Sc3ccc4nccn4n3)n2c1. The third kappa shape index (κ3) is 1.97. The van der Waals surface area contributed by atoms with Crippen molar-refractivity contribution in [2.75, 3.05) is 0 Å². The van der Waals surface area contributed by atoms with Crippen LogP contribution in [0.25, 0.3) is 11.3 Å². The monoisotopic (exact) mass is 346 g/mol. The summed E-state index contributed by atoms with van der Waals surface area (Å²) < 4.78 is 4.64. The van der Waals surface area contributed by atoms with Crippen molar-refractivity contribution in [1.29, 1.82) is 0 Å². The van der Waals surface area contributed by atoms with E-state index in [9.17, 15) is 0 Å². The van der Waals surface area contributed by atoms with Gasteiger partial charge in [-0.3, -0.25) is 4.40 Å². The molecule has 0 amide bonds. The summed E-state index contributed by atoms with van der Waals surface area (Å²) in [7, 11) is 0. The number of aromatic nitrogens is 6. The van der Waals surface area contributed by atoms with Crippen LogP contribution in [0.4, 0.5) is 0 Å². The zero-order valence-corrected chi connectivity index (χ0v) is 12.4. The maximum atomic E-state index is 4.46. The Bertz CT molecular complexity index is 915. The van der Waals surface area contributed by atoms with Gasteiger partial charge in [0.15, 0.2) is 11.3 Å². The van der Waals surface area contributed by atoms with Gasteiger partial charge in [0.2, 0.25) is 5.16 Å². The molecule has 0 aromatic carbocycles. The molecule has 4 aromatic heterocycles. The molecule has 0 bridgehead atoms. The van der Waals surface area contributed by atoms with Gasteiger partial charge in [0.05, 0.1) is 0 Å². The fourth-order valence-corrected chi connectivity index (χ4v) is 2.97. The molecule has 4 heterocycles. The second-order valence-electron chi connectivity index (χ2n) is 4.06. The average molecular weight is 347 g/mol. The highest BCUT2D eigenvalue weighted by Crippen LogP contribution is 2.25. The van der Waals surface area contributed by atoms with E-state index < -0.39 is 0 Å². The van der Waals surface area contributed by atoms with Crippen molar-refractivity contribution in [3.05, 3.63) is 47.3 Å². The Morgan fingerprint density at radius 1 is 1.05 bits per heavy atom. The number of halogens is 1. The minimum absolute atomic E-state index is 0.772. The van der Waals surface area contributed by atoms with Gasteiger partial charge in [0.25, 0.3) is 0 Å². The molecule has 0 aliphatic carbocycles. The molecule has 0 saturated heterocycles. The Morgan fingerprint density at radius 3 is 2.90 bits per heavy atom. The minimum Gasteiger partial charge on any atom is -0.276 e. The molecule has 0 aliphatic heterocycles. The molecular formula is C12H7BrN6S. The topological polar surface area (TPSA) is 60.4 Å². The molecule has 0 atom stereocenters. The number of hydrogen-bond acceptors (Lipinski definition) is 5. The smallest absolute Gasteiger partial charge is 0.202 e. The van der Waals surface area contributed by atoms with Gasteiger partial charge in [0.1, 0.15) is 5.03 Å². The van der Waals surface area contributed by atoms with Gasteiger partial charge in [-0.2, -0.15) is 5.10 Å². The van der Waals surface area contributed by atoms with Crippen molar-refractivity contribution in [2.24, 2.45) is 0 Å². The molecule has 20 heavy (non-hydrogen) atoms. The molecule has 4 aromatic rings. The molecule has 0 fully saturated rings. The van der Waals surface area contributed by atoms with Crippen LogP contribution in [0.5, 0.6) is 0 Å². The van der Waals surface area contributed by atoms with Crippen LogP contribution in [0.3, 0.4) is 0 Å². The van der Waals surface area contributed by atoms with Crippen molar-refractivity contribution in [3.63, 3.8) is 0 Å². The van der Waals surface area contributed by atoms with E-state index in [-0.39, 0.29) is 0 Å².